The Labute approximate surface area is 108 Å². The lowest BCUT2D eigenvalue weighted by Crippen LogP contribution is -2.21. The first-order valence-electron chi connectivity index (χ1n) is 6.62. The van der Waals surface area contributed by atoms with Crippen LogP contribution in [0.3, 0.4) is 0 Å². The van der Waals surface area contributed by atoms with Crippen LogP contribution >= 0.6 is 0 Å². The Morgan fingerprint density at radius 2 is 2.11 bits per heavy atom. The highest BCUT2D eigenvalue weighted by molar-refractivity contribution is 5.72. The van der Waals surface area contributed by atoms with Crippen molar-refractivity contribution in [1.29, 1.82) is 0 Å². The number of aryl methyl sites for hydroxylation is 2. The molecule has 1 aliphatic rings. The lowest BCUT2D eigenvalue weighted by molar-refractivity contribution is -0.148. The Balaban J connectivity index is 1.88. The summed E-state index contributed by atoms with van der Waals surface area (Å²) in [6, 6.07) is 6.22. The van der Waals surface area contributed by atoms with Crippen LogP contribution in [0.2, 0.25) is 0 Å². The summed E-state index contributed by atoms with van der Waals surface area (Å²) >= 11 is 0. The molecule has 0 aliphatic heterocycles. The number of esters is 1. The highest BCUT2D eigenvalue weighted by atomic mass is 16.5. The van der Waals surface area contributed by atoms with Crippen molar-refractivity contribution in [2.45, 2.75) is 33.1 Å². The highest BCUT2D eigenvalue weighted by Gasteiger charge is 2.16. The molecule has 0 amide bonds. The summed E-state index contributed by atoms with van der Waals surface area (Å²) in [6.45, 7) is 4.43. The van der Waals surface area contributed by atoms with Gasteiger partial charge in [-0.15, -0.1) is 0 Å². The highest BCUT2D eigenvalue weighted by Crippen LogP contribution is 2.26. The summed E-state index contributed by atoms with van der Waals surface area (Å²) in [5, 5.41) is 0. The van der Waals surface area contributed by atoms with Crippen LogP contribution in [0.25, 0.3) is 0 Å². The Hall–Kier alpha value is -1.51. The van der Waals surface area contributed by atoms with Crippen LogP contribution in [-0.4, -0.2) is 19.2 Å². The van der Waals surface area contributed by atoms with E-state index < -0.39 is 0 Å². The van der Waals surface area contributed by atoms with Crippen LogP contribution in [-0.2, 0) is 22.4 Å². The molecule has 1 aliphatic carbocycles. The van der Waals surface area contributed by atoms with Gasteiger partial charge in [-0.1, -0.05) is 6.07 Å². The molecule has 2 rings (SSSR count). The van der Waals surface area contributed by atoms with Crippen molar-refractivity contribution < 1.29 is 14.3 Å². The van der Waals surface area contributed by atoms with Gasteiger partial charge in [0.2, 0.25) is 0 Å². The van der Waals surface area contributed by atoms with Crippen LogP contribution in [0, 0.1) is 5.92 Å². The van der Waals surface area contributed by atoms with Crippen molar-refractivity contribution in [1.82, 2.24) is 0 Å². The first-order chi connectivity index (χ1) is 8.70. The average molecular weight is 248 g/mol. The van der Waals surface area contributed by atoms with E-state index in [9.17, 15) is 4.79 Å². The fourth-order valence-corrected chi connectivity index (χ4v) is 2.21. The third-order valence-corrected chi connectivity index (χ3v) is 3.26. The van der Waals surface area contributed by atoms with Gasteiger partial charge in [0.1, 0.15) is 12.4 Å². The van der Waals surface area contributed by atoms with E-state index in [1.165, 1.54) is 24.0 Å². The smallest absolute Gasteiger partial charge is 0.312 e. The lowest BCUT2D eigenvalue weighted by atomic mass is 10.1. The fourth-order valence-electron chi connectivity index (χ4n) is 2.21. The van der Waals surface area contributed by atoms with Gasteiger partial charge in [0.15, 0.2) is 0 Å². The molecule has 0 aromatic heterocycles. The predicted octanol–water partition coefficient (Wildman–Crippen LogP) is 2.75. The molecule has 98 valence electrons. The third-order valence-electron chi connectivity index (χ3n) is 3.26. The topological polar surface area (TPSA) is 35.5 Å². The van der Waals surface area contributed by atoms with Gasteiger partial charge < -0.3 is 9.47 Å². The van der Waals surface area contributed by atoms with Gasteiger partial charge in [0.05, 0.1) is 12.5 Å². The molecular weight excluding hydrogens is 228 g/mol. The lowest BCUT2D eigenvalue weighted by Gasteiger charge is -2.12. The van der Waals surface area contributed by atoms with Crippen molar-refractivity contribution in [3.63, 3.8) is 0 Å². The number of fused-ring (bicyclic) bond motifs is 1. The van der Waals surface area contributed by atoms with Crippen LogP contribution in [0.15, 0.2) is 18.2 Å². The second-order valence-electron chi connectivity index (χ2n) is 4.75. The largest absolute Gasteiger partial charge is 0.493 e. The predicted molar refractivity (Wildman–Crippen MR) is 69.8 cm³/mol. The Bertz CT molecular complexity index is 426. The molecule has 1 atom stereocenters. The van der Waals surface area contributed by atoms with Gasteiger partial charge in [-0.3, -0.25) is 4.79 Å². The van der Waals surface area contributed by atoms with E-state index >= 15 is 0 Å². The van der Waals surface area contributed by atoms with E-state index in [4.69, 9.17) is 9.47 Å². The Morgan fingerprint density at radius 3 is 2.89 bits per heavy atom. The van der Waals surface area contributed by atoms with Crippen molar-refractivity contribution in [3.05, 3.63) is 29.3 Å². The number of carbonyl (C=O) groups excluding carboxylic acids is 1. The molecule has 0 saturated carbocycles. The standard InChI is InChI=1S/C15H20O3/c1-3-17-15(16)11(2)10-18-14-8-7-12-5-4-6-13(12)9-14/h7-9,11H,3-6,10H2,1-2H3. The molecule has 0 fully saturated rings. The summed E-state index contributed by atoms with van der Waals surface area (Å²) in [4.78, 5) is 11.4. The third kappa shape index (κ3) is 3.03. The van der Waals surface area contributed by atoms with Crippen molar-refractivity contribution in [2.24, 2.45) is 5.92 Å². The SMILES string of the molecule is CCOC(=O)C(C)COc1ccc2c(c1)CCC2. The molecule has 0 heterocycles. The van der Waals surface area contributed by atoms with Gasteiger partial charge in [-0.25, -0.2) is 0 Å². The molecular formula is C15H20O3. The second-order valence-corrected chi connectivity index (χ2v) is 4.75. The summed E-state index contributed by atoms with van der Waals surface area (Å²) in [6.07, 6.45) is 3.55. The molecule has 3 nitrogen and oxygen atoms in total. The average Bonchev–Trinajstić information content (AvgIpc) is 2.83. The number of rotatable bonds is 5. The molecule has 18 heavy (non-hydrogen) atoms. The van der Waals surface area contributed by atoms with Crippen molar-refractivity contribution in [3.8, 4) is 5.75 Å². The van der Waals surface area contributed by atoms with E-state index in [1.807, 2.05) is 19.9 Å². The minimum atomic E-state index is -0.224. The second kappa shape index (κ2) is 5.89. The van der Waals surface area contributed by atoms with E-state index in [-0.39, 0.29) is 11.9 Å². The molecule has 0 radical (unpaired) electrons. The summed E-state index contributed by atoms with van der Waals surface area (Å²) in [7, 11) is 0. The quantitative estimate of drug-likeness (QED) is 0.752. The molecule has 0 saturated heterocycles. The van der Waals surface area contributed by atoms with Crippen LogP contribution < -0.4 is 4.74 Å². The Morgan fingerprint density at radius 1 is 1.33 bits per heavy atom. The van der Waals surface area contributed by atoms with Gasteiger partial charge in [0.25, 0.3) is 0 Å². The Kier molecular flexibility index (Phi) is 4.24. The zero-order valence-electron chi connectivity index (χ0n) is 11.1. The van der Waals surface area contributed by atoms with Crippen molar-refractivity contribution >= 4 is 5.97 Å². The summed E-state index contributed by atoms with van der Waals surface area (Å²) in [5.41, 5.74) is 2.82. The fraction of sp³-hybridized carbons (Fsp3) is 0.533. The number of hydrogen-bond donors (Lipinski definition) is 0. The minimum Gasteiger partial charge on any atom is -0.493 e. The first-order valence-corrected chi connectivity index (χ1v) is 6.62. The minimum absolute atomic E-state index is 0.196. The number of ether oxygens (including phenoxy) is 2. The van der Waals surface area contributed by atoms with E-state index in [2.05, 4.69) is 12.1 Å². The number of carbonyl (C=O) groups is 1. The maximum atomic E-state index is 11.4. The maximum Gasteiger partial charge on any atom is 0.312 e. The van der Waals surface area contributed by atoms with E-state index in [0.29, 0.717) is 13.2 Å². The number of benzene rings is 1. The molecule has 1 aromatic carbocycles. The van der Waals surface area contributed by atoms with E-state index in [0.717, 1.165) is 12.2 Å². The molecule has 0 N–H and O–H groups in total. The van der Waals surface area contributed by atoms with Crippen LogP contribution in [0.1, 0.15) is 31.4 Å². The van der Waals surface area contributed by atoms with Gasteiger partial charge in [-0.05, 0) is 56.4 Å². The van der Waals surface area contributed by atoms with Crippen LogP contribution in [0.5, 0.6) is 5.75 Å². The monoisotopic (exact) mass is 248 g/mol. The summed E-state index contributed by atoms with van der Waals surface area (Å²) in [5.74, 6) is 0.434. The molecule has 0 spiro atoms. The van der Waals surface area contributed by atoms with Gasteiger partial charge >= 0.3 is 5.97 Å². The maximum absolute atomic E-state index is 11.4. The van der Waals surface area contributed by atoms with Gasteiger partial charge in [0, 0.05) is 0 Å². The van der Waals surface area contributed by atoms with E-state index in [1.54, 1.807) is 0 Å². The molecule has 1 aromatic rings. The molecule has 1 unspecified atom stereocenters. The zero-order valence-corrected chi connectivity index (χ0v) is 11.1. The zero-order chi connectivity index (χ0) is 13.0. The first kappa shape index (κ1) is 12.9. The van der Waals surface area contributed by atoms with Crippen LogP contribution in [0.4, 0.5) is 0 Å². The van der Waals surface area contributed by atoms with Gasteiger partial charge in [-0.2, -0.15) is 0 Å². The molecule has 3 heteroatoms. The molecule has 0 bridgehead atoms. The number of hydrogen-bond acceptors (Lipinski definition) is 3. The normalized spacial score (nSPS) is 15.0. The summed E-state index contributed by atoms with van der Waals surface area (Å²) < 4.78 is 10.6. The van der Waals surface area contributed by atoms with Crippen molar-refractivity contribution in [2.75, 3.05) is 13.2 Å².